The Morgan fingerprint density at radius 2 is 2.58 bits per heavy atom. The van der Waals surface area contributed by atoms with Gasteiger partial charge in [0.2, 0.25) is 0 Å². The summed E-state index contributed by atoms with van der Waals surface area (Å²) in [7, 11) is 0. The van der Waals surface area contributed by atoms with Crippen LogP contribution in [-0.4, -0.2) is 26.5 Å². The van der Waals surface area contributed by atoms with Crippen molar-refractivity contribution in [1.29, 1.82) is 0 Å². The molecule has 7 heteroatoms. The highest BCUT2D eigenvalue weighted by Gasteiger charge is 2.44. The van der Waals surface area contributed by atoms with Crippen molar-refractivity contribution in [2.45, 2.75) is 12.6 Å². The van der Waals surface area contributed by atoms with E-state index >= 15 is 0 Å². The van der Waals surface area contributed by atoms with Crippen molar-refractivity contribution in [3.8, 4) is 0 Å². The minimum atomic E-state index is -0.588. The zero-order valence-corrected chi connectivity index (χ0v) is 6.30. The van der Waals surface area contributed by atoms with Crippen LogP contribution in [0.15, 0.2) is 6.20 Å². The van der Waals surface area contributed by atoms with Crippen molar-refractivity contribution < 1.29 is 9.66 Å². The molecule has 0 spiro atoms. The molecule has 7 nitrogen and oxygen atoms in total. The molecule has 2 rings (SSSR count). The SMILES string of the molecule is CC1(n2cc([N+](=O)[O-])nn2)CO1. The van der Waals surface area contributed by atoms with Crippen LogP contribution in [0.2, 0.25) is 0 Å². The van der Waals surface area contributed by atoms with Crippen LogP contribution in [-0.2, 0) is 10.5 Å². The summed E-state index contributed by atoms with van der Waals surface area (Å²) in [6.07, 6.45) is 1.26. The Balaban J connectivity index is 2.30. The lowest BCUT2D eigenvalue weighted by atomic mass is 10.4. The topological polar surface area (TPSA) is 86.4 Å². The van der Waals surface area contributed by atoms with Crippen LogP contribution >= 0.6 is 0 Å². The first-order valence-electron chi connectivity index (χ1n) is 3.33. The predicted octanol–water partition coefficient (Wildman–Crippen LogP) is -0.111. The van der Waals surface area contributed by atoms with Crippen molar-refractivity contribution in [1.82, 2.24) is 15.0 Å². The molecule has 0 aliphatic carbocycles. The first-order chi connectivity index (χ1) is 5.62. The van der Waals surface area contributed by atoms with E-state index in [1.54, 1.807) is 6.92 Å². The smallest absolute Gasteiger partial charge is 0.358 e. The molecule has 1 fully saturated rings. The third-order valence-electron chi connectivity index (χ3n) is 1.72. The number of nitro groups is 1. The fourth-order valence-corrected chi connectivity index (χ4v) is 0.807. The lowest BCUT2D eigenvalue weighted by Crippen LogP contribution is -2.14. The monoisotopic (exact) mass is 170 g/mol. The number of ether oxygens (including phenoxy) is 1. The number of nitrogens with zero attached hydrogens (tertiary/aromatic N) is 4. The maximum Gasteiger partial charge on any atom is 0.410 e. The fourth-order valence-electron chi connectivity index (χ4n) is 0.807. The molecule has 1 atom stereocenters. The van der Waals surface area contributed by atoms with E-state index < -0.39 is 10.6 Å². The van der Waals surface area contributed by atoms with Crippen LogP contribution in [0.25, 0.3) is 0 Å². The summed E-state index contributed by atoms with van der Waals surface area (Å²) in [5.74, 6) is -0.258. The summed E-state index contributed by atoms with van der Waals surface area (Å²) in [5.41, 5.74) is -0.513. The van der Waals surface area contributed by atoms with E-state index in [0.717, 1.165) is 0 Å². The normalized spacial score (nSPS) is 27.1. The number of rotatable bonds is 2. The molecule has 1 aromatic rings. The van der Waals surface area contributed by atoms with E-state index in [9.17, 15) is 10.1 Å². The lowest BCUT2D eigenvalue weighted by molar-refractivity contribution is -0.389. The predicted molar refractivity (Wildman–Crippen MR) is 36.3 cm³/mol. The summed E-state index contributed by atoms with van der Waals surface area (Å²) < 4.78 is 6.37. The Kier molecular flexibility index (Phi) is 1.20. The van der Waals surface area contributed by atoms with E-state index in [-0.39, 0.29) is 5.82 Å². The van der Waals surface area contributed by atoms with Gasteiger partial charge in [-0.3, -0.25) is 0 Å². The minimum absolute atomic E-state index is 0.258. The van der Waals surface area contributed by atoms with Crippen LogP contribution in [0.4, 0.5) is 5.82 Å². The Hall–Kier alpha value is -1.50. The lowest BCUT2D eigenvalue weighted by Gasteiger charge is -1.98. The maximum absolute atomic E-state index is 10.2. The molecule has 0 bridgehead atoms. The van der Waals surface area contributed by atoms with E-state index in [1.165, 1.54) is 10.9 Å². The second-order valence-corrected chi connectivity index (χ2v) is 2.74. The van der Waals surface area contributed by atoms with Crippen molar-refractivity contribution in [2.24, 2.45) is 0 Å². The van der Waals surface area contributed by atoms with Crippen LogP contribution in [0.3, 0.4) is 0 Å². The van der Waals surface area contributed by atoms with Gasteiger partial charge >= 0.3 is 5.82 Å². The molecule has 0 aromatic carbocycles. The van der Waals surface area contributed by atoms with Gasteiger partial charge in [0.05, 0.1) is 11.8 Å². The van der Waals surface area contributed by atoms with E-state index in [0.29, 0.717) is 6.61 Å². The average Bonchev–Trinajstić information content (AvgIpc) is 2.61. The van der Waals surface area contributed by atoms with Gasteiger partial charge in [-0.2, -0.15) is 4.68 Å². The van der Waals surface area contributed by atoms with Gasteiger partial charge in [-0.1, -0.05) is 0 Å². The molecule has 1 aliphatic heterocycles. The average molecular weight is 170 g/mol. The Morgan fingerprint density at radius 3 is 3.00 bits per heavy atom. The first kappa shape index (κ1) is 7.17. The van der Waals surface area contributed by atoms with Gasteiger partial charge in [0, 0.05) is 0 Å². The third kappa shape index (κ3) is 0.944. The van der Waals surface area contributed by atoms with Crippen LogP contribution in [0.1, 0.15) is 6.92 Å². The van der Waals surface area contributed by atoms with Gasteiger partial charge < -0.3 is 14.9 Å². The largest absolute Gasteiger partial charge is 0.410 e. The Morgan fingerprint density at radius 1 is 1.92 bits per heavy atom. The Labute approximate surface area is 67.1 Å². The van der Waals surface area contributed by atoms with Crippen molar-refractivity contribution in [2.75, 3.05) is 6.61 Å². The summed E-state index contributed by atoms with van der Waals surface area (Å²) in [4.78, 5) is 9.62. The molecule has 64 valence electrons. The molecule has 0 radical (unpaired) electrons. The van der Waals surface area contributed by atoms with Gasteiger partial charge in [-0.05, 0) is 11.8 Å². The third-order valence-corrected chi connectivity index (χ3v) is 1.72. The standard InChI is InChI=1S/C5H6N4O3/c1-5(3-12-5)8-2-4(6-7-8)9(10)11/h2H,3H2,1H3. The van der Waals surface area contributed by atoms with E-state index in [1.807, 2.05) is 0 Å². The van der Waals surface area contributed by atoms with Gasteiger partial charge in [0.1, 0.15) is 11.3 Å². The van der Waals surface area contributed by atoms with Crippen LogP contribution < -0.4 is 0 Å². The number of epoxide rings is 1. The molecule has 0 N–H and O–H groups in total. The molecule has 12 heavy (non-hydrogen) atoms. The van der Waals surface area contributed by atoms with Crippen molar-refractivity contribution in [3.63, 3.8) is 0 Å². The minimum Gasteiger partial charge on any atom is -0.358 e. The molecule has 0 saturated carbocycles. The molecule has 2 heterocycles. The van der Waals surface area contributed by atoms with Gasteiger partial charge in [-0.15, -0.1) is 0 Å². The molecule has 0 amide bonds. The van der Waals surface area contributed by atoms with Crippen molar-refractivity contribution >= 4 is 5.82 Å². The zero-order chi connectivity index (χ0) is 8.77. The quantitative estimate of drug-likeness (QED) is 0.351. The molecule has 1 aromatic heterocycles. The Bertz CT molecular complexity index is 329. The van der Waals surface area contributed by atoms with Crippen molar-refractivity contribution in [3.05, 3.63) is 16.3 Å². The highest BCUT2D eigenvalue weighted by atomic mass is 16.6. The highest BCUT2D eigenvalue weighted by molar-refractivity contribution is 5.10. The highest BCUT2D eigenvalue weighted by Crippen LogP contribution is 2.31. The van der Waals surface area contributed by atoms with Crippen LogP contribution in [0.5, 0.6) is 0 Å². The first-order valence-corrected chi connectivity index (χ1v) is 3.33. The maximum atomic E-state index is 10.2. The molecule has 1 unspecified atom stereocenters. The van der Waals surface area contributed by atoms with Gasteiger partial charge in [-0.25, -0.2) is 0 Å². The molecule has 1 saturated heterocycles. The molecular formula is C5H6N4O3. The number of aromatic nitrogens is 3. The summed E-state index contributed by atoms with van der Waals surface area (Å²) in [6, 6.07) is 0. The summed E-state index contributed by atoms with van der Waals surface area (Å²) in [5, 5.41) is 17.1. The van der Waals surface area contributed by atoms with Crippen LogP contribution in [0, 0.1) is 10.1 Å². The van der Waals surface area contributed by atoms with Gasteiger partial charge in [0.15, 0.2) is 5.72 Å². The summed E-state index contributed by atoms with van der Waals surface area (Å²) >= 11 is 0. The number of hydrogen-bond donors (Lipinski definition) is 0. The molecular weight excluding hydrogens is 164 g/mol. The molecule has 1 aliphatic rings. The second kappa shape index (κ2) is 2.01. The van der Waals surface area contributed by atoms with E-state index in [4.69, 9.17) is 4.74 Å². The second-order valence-electron chi connectivity index (χ2n) is 2.74. The fraction of sp³-hybridized carbons (Fsp3) is 0.600. The zero-order valence-electron chi connectivity index (χ0n) is 6.30. The van der Waals surface area contributed by atoms with E-state index in [2.05, 4.69) is 10.3 Å². The number of hydrogen-bond acceptors (Lipinski definition) is 5. The van der Waals surface area contributed by atoms with Gasteiger partial charge in [0.25, 0.3) is 0 Å². The summed E-state index contributed by atoms with van der Waals surface area (Å²) in [6.45, 7) is 2.30.